The quantitative estimate of drug-likeness (QED) is 0.839. The Bertz CT molecular complexity index is 651. The number of carbonyl (C=O) groups is 1. The van der Waals surface area contributed by atoms with Gasteiger partial charge in [0.15, 0.2) is 11.6 Å². The molecule has 1 aromatic carbocycles. The lowest BCUT2D eigenvalue weighted by atomic mass is 10.1. The van der Waals surface area contributed by atoms with Gasteiger partial charge in [0.1, 0.15) is 0 Å². The molecule has 1 amide bonds. The molecule has 2 rings (SSSR count). The first-order chi connectivity index (χ1) is 10.8. The summed E-state index contributed by atoms with van der Waals surface area (Å²) in [6.07, 6.45) is 2.69. The lowest BCUT2D eigenvalue weighted by molar-refractivity contribution is -0.133. The van der Waals surface area contributed by atoms with Gasteiger partial charge in [0.25, 0.3) is 0 Å². The van der Waals surface area contributed by atoms with E-state index in [1.807, 2.05) is 0 Å². The third kappa shape index (κ3) is 5.80. The van der Waals surface area contributed by atoms with Gasteiger partial charge in [-0.3, -0.25) is 4.79 Å². The second-order valence-corrected chi connectivity index (χ2v) is 7.38. The number of piperidine rings is 1. The number of nitrogens with zero attached hydrogens (tertiary/aromatic N) is 1. The van der Waals surface area contributed by atoms with Gasteiger partial charge in [0.05, 0.1) is 19.3 Å². The molecular formula is C15H21FN2O4S. The van der Waals surface area contributed by atoms with Crippen LogP contribution in [-0.4, -0.2) is 51.2 Å². The molecule has 1 N–H and O–H groups in total. The maximum atomic E-state index is 13.4. The van der Waals surface area contributed by atoms with Crippen LogP contribution in [0, 0.1) is 5.82 Å². The van der Waals surface area contributed by atoms with Gasteiger partial charge >= 0.3 is 0 Å². The second-order valence-electron chi connectivity index (χ2n) is 5.60. The SMILES string of the molecule is CS(=O)(=O)N[C@H]1CCCN(C(=O)CCOc2ccccc2F)C1. The Morgan fingerprint density at radius 2 is 2.17 bits per heavy atom. The number of nitrogens with one attached hydrogen (secondary N) is 1. The highest BCUT2D eigenvalue weighted by atomic mass is 32.2. The monoisotopic (exact) mass is 344 g/mol. The number of hydrogen-bond acceptors (Lipinski definition) is 4. The zero-order valence-electron chi connectivity index (χ0n) is 13.0. The van der Waals surface area contributed by atoms with Gasteiger partial charge in [0, 0.05) is 19.1 Å². The molecule has 1 saturated heterocycles. The number of hydrogen-bond donors (Lipinski definition) is 1. The maximum absolute atomic E-state index is 13.4. The van der Waals surface area contributed by atoms with Crippen molar-refractivity contribution in [1.82, 2.24) is 9.62 Å². The lowest BCUT2D eigenvalue weighted by Crippen LogP contribution is -2.49. The van der Waals surface area contributed by atoms with Crippen molar-refractivity contribution in [3.63, 3.8) is 0 Å². The number of benzene rings is 1. The summed E-state index contributed by atoms with van der Waals surface area (Å²) < 4.78 is 43.7. The standard InChI is InChI=1S/C15H21FN2O4S/c1-23(20,21)17-12-5-4-9-18(11-12)15(19)8-10-22-14-7-3-2-6-13(14)16/h2-3,6-7,12,17H,4-5,8-11H2,1H3/t12-/m0/s1. The zero-order valence-corrected chi connectivity index (χ0v) is 13.8. The van der Waals surface area contributed by atoms with Crippen molar-refractivity contribution in [2.45, 2.75) is 25.3 Å². The van der Waals surface area contributed by atoms with Crippen LogP contribution in [-0.2, 0) is 14.8 Å². The molecule has 128 valence electrons. The van der Waals surface area contributed by atoms with E-state index in [0.717, 1.165) is 12.7 Å². The van der Waals surface area contributed by atoms with Gasteiger partial charge in [-0.05, 0) is 25.0 Å². The third-order valence-corrected chi connectivity index (χ3v) is 4.33. The molecular weight excluding hydrogens is 323 g/mol. The molecule has 0 saturated carbocycles. The van der Waals surface area contributed by atoms with E-state index in [9.17, 15) is 17.6 Å². The first-order valence-electron chi connectivity index (χ1n) is 7.47. The molecule has 1 aliphatic heterocycles. The van der Waals surface area contributed by atoms with Gasteiger partial charge in [-0.15, -0.1) is 0 Å². The van der Waals surface area contributed by atoms with Crippen LogP contribution in [0.5, 0.6) is 5.75 Å². The van der Waals surface area contributed by atoms with Crippen LogP contribution in [0.2, 0.25) is 0 Å². The number of rotatable bonds is 6. The molecule has 23 heavy (non-hydrogen) atoms. The first-order valence-corrected chi connectivity index (χ1v) is 9.37. The third-order valence-electron chi connectivity index (χ3n) is 3.56. The highest BCUT2D eigenvalue weighted by molar-refractivity contribution is 7.88. The van der Waals surface area contributed by atoms with Crippen molar-refractivity contribution in [3.05, 3.63) is 30.1 Å². The van der Waals surface area contributed by atoms with E-state index in [1.165, 1.54) is 12.1 Å². The van der Waals surface area contributed by atoms with Crippen LogP contribution in [0.1, 0.15) is 19.3 Å². The molecule has 0 radical (unpaired) electrons. The Morgan fingerprint density at radius 1 is 1.43 bits per heavy atom. The number of ether oxygens (including phenoxy) is 1. The number of halogens is 1. The van der Waals surface area contributed by atoms with E-state index >= 15 is 0 Å². The van der Waals surface area contributed by atoms with Gasteiger partial charge in [-0.2, -0.15) is 0 Å². The van der Waals surface area contributed by atoms with Gasteiger partial charge in [-0.1, -0.05) is 12.1 Å². The molecule has 1 aromatic rings. The summed E-state index contributed by atoms with van der Waals surface area (Å²) in [5, 5.41) is 0. The maximum Gasteiger partial charge on any atom is 0.226 e. The Hall–Kier alpha value is -1.67. The number of amides is 1. The molecule has 1 fully saturated rings. The smallest absolute Gasteiger partial charge is 0.226 e. The summed E-state index contributed by atoms with van der Waals surface area (Å²) in [6.45, 7) is 1.03. The summed E-state index contributed by atoms with van der Waals surface area (Å²) in [5.74, 6) is -0.466. The highest BCUT2D eigenvalue weighted by Crippen LogP contribution is 2.16. The van der Waals surface area contributed by atoms with E-state index in [-0.39, 0.29) is 30.7 Å². The minimum atomic E-state index is -3.28. The van der Waals surface area contributed by atoms with E-state index in [0.29, 0.717) is 19.5 Å². The van der Waals surface area contributed by atoms with E-state index in [4.69, 9.17) is 4.74 Å². The van der Waals surface area contributed by atoms with E-state index in [2.05, 4.69) is 4.72 Å². The fourth-order valence-electron chi connectivity index (χ4n) is 2.57. The van der Waals surface area contributed by atoms with Crippen LogP contribution in [0.4, 0.5) is 4.39 Å². The number of carbonyl (C=O) groups excluding carboxylic acids is 1. The Labute approximate surface area is 135 Å². The van der Waals surface area contributed by atoms with E-state index < -0.39 is 15.8 Å². The Kier molecular flexibility index (Phi) is 5.95. The molecule has 0 spiro atoms. The van der Waals surface area contributed by atoms with Crippen molar-refractivity contribution in [2.24, 2.45) is 0 Å². The van der Waals surface area contributed by atoms with E-state index in [1.54, 1.807) is 17.0 Å². The van der Waals surface area contributed by atoms with Gasteiger partial charge in [0.2, 0.25) is 15.9 Å². The summed E-state index contributed by atoms with van der Waals surface area (Å²) in [6, 6.07) is 5.77. The predicted molar refractivity (Wildman–Crippen MR) is 84.1 cm³/mol. The molecule has 1 atom stereocenters. The molecule has 0 aromatic heterocycles. The van der Waals surface area contributed by atoms with Crippen LogP contribution in [0.15, 0.2) is 24.3 Å². The number of sulfonamides is 1. The zero-order chi connectivity index (χ0) is 16.9. The number of para-hydroxylation sites is 1. The largest absolute Gasteiger partial charge is 0.490 e. The van der Waals surface area contributed by atoms with Crippen molar-refractivity contribution >= 4 is 15.9 Å². The van der Waals surface area contributed by atoms with Gasteiger partial charge in [-0.25, -0.2) is 17.5 Å². The molecule has 0 bridgehead atoms. The first kappa shape index (κ1) is 17.7. The summed E-state index contributed by atoms with van der Waals surface area (Å²) in [4.78, 5) is 13.8. The van der Waals surface area contributed by atoms with Crippen molar-refractivity contribution in [2.75, 3.05) is 26.0 Å². The molecule has 0 unspecified atom stereocenters. The van der Waals surface area contributed by atoms with Crippen LogP contribution < -0.4 is 9.46 Å². The fourth-order valence-corrected chi connectivity index (χ4v) is 3.37. The molecule has 8 heteroatoms. The van der Waals surface area contributed by atoms with Gasteiger partial charge < -0.3 is 9.64 Å². The van der Waals surface area contributed by atoms with Crippen LogP contribution >= 0.6 is 0 Å². The summed E-state index contributed by atoms with van der Waals surface area (Å²) >= 11 is 0. The van der Waals surface area contributed by atoms with Crippen LogP contribution in [0.3, 0.4) is 0 Å². The average molecular weight is 344 g/mol. The topological polar surface area (TPSA) is 75.7 Å². The minimum Gasteiger partial charge on any atom is -0.490 e. The average Bonchev–Trinajstić information content (AvgIpc) is 2.47. The fraction of sp³-hybridized carbons (Fsp3) is 0.533. The molecule has 0 aliphatic carbocycles. The Balaban J connectivity index is 1.80. The summed E-state index contributed by atoms with van der Waals surface area (Å²) in [5.41, 5.74) is 0. The van der Waals surface area contributed by atoms with Crippen molar-refractivity contribution in [1.29, 1.82) is 0 Å². The second kappa shape index (κ2) is 7.74. The minimum absolute atomic E-state index is 0.0838. The number of likely N-dealkylation sites (tertiary alicyclic amines) is 1. The van der Waals surface area contributed by atoms with Crippen LogP contribution in [0.25, 0.3) is 0 Å². The normalized spacial score (nSPS) is 18.7. The molecule has 1 heterocycles. The van der Waals surface area contributed by atoms with Crippen molar-refractivity contribution < 1.29 is 22.3 Å². The predicted octanol–water partition coefficient (Wildman–Crippen LogP) is 1.13. The summed E-state index contributed by atoms with van der Waals surface area (Å²) in [7, 11) is -3.28. The molecule has 6 nitrogen and oxygen atoms in total. The van der Waals surface area contributed by atoms with Crippen molar-refractivity contribution in [3.8, 4) is 5.75 Å². The molecule has 1 aliphatic rings. The highest BCUT2D eigenvalue weighted by Gasteiger charge is 2.25. The lowest BCUT2D eigenvalue weighted by Gasteiger charge is -2.32. The Morgan fingerprint density at radius 3 is 2.87 bits per heavy atom.